The monoisotopic (exact) mass is 405 g/mol. The smallest absolute Gasteiger partial charge is 0.193 e. The first-order chi connectivity index (χ1) is 9.69. The summed E-state index contributed by atoms with van der Waals surface area (Å²) in [6, 6.07) is 0. The number of hydrogen-bond donors (Lipinski definition) is 1. The minimum absolute atomic E-state index is 0. The lowest BCUT2D eigenvalue weighted by Crippen LogP contribution is -2.45. The Labute approximate surface area is 145 Å². The number of nitrogens with zero attached hydrogens (tertiary/aromatic N) is 4. The van der Waals surface area contributed by atoms with Crippen molar-refractivity contribution in [2.75, 3.05) is 26.7 Å². The molecule has 5 nitrogen and oxygen atoms in total. The van der Waals surface area contributed by atoms with E-state index in [4.69, 9.17) is 0 Å². The van der Waals surface area contributed by atoms with Crippen LogP contribution in [0.15, 0.2) is 17.4 Å². The highest BCUT2D eigenvalue weighted by molar-refractivity contribution is 14.0. The van der Waals surface area contributed by atoms with Crippen molar-refractivity contribution in [2.24, 2.45) is 10.9 Å². The van der Waals surface area contributed by atoms with Crippen molar-refractivity contribution in [3.8, 4) is 0 Å². The number of aromatic nitrogens is 2. The molecular formula is C15H28IN5. The molecular weight excluding hydrogens is 377 g/mol. The van der Waals surface area contributed by atoms with E-state index in [0.29, 0.717) is 0 Å². The molecule has 2 rings (SSSR count). The molecule has 0 radical (unpaired) electrons. The van der Waals surface area contributed by atoms with E-state index in [1.807, 2.05) is 17.9 Å². The maximum Gasteiger partial charge on any atom is 0.193 e. The van der Waals surface area contributed by atoms with Crippen LogP contribution in [0.25, 0.3) is 0 Å². The Hall–Kier alpha value is -0.790. The number of likely N-dealkylation sites (tertiary alicyclic amines) is 1. The highest BCUT2D eigenvalue weighted by atomic mass is 127. The van der Waals surface area contributed by atoms with Gasteiger partial charge in [-0.25, -0.2) is 0 Å². The first-order valence-corrected chi connectivity index (χ1v) is 7.63. The lowest BCUT2D eigenvalue weighted by molar-refractivity contribution is 0.273. The average Bonchev–Trinajstić information content (AvgIpc) is 2.86. The second-order valence-electron chi connectivity index (χ2n) is 5.78. The Morgan fingerprint density at radius 3 is 2.71 bits per heavy atom. The molecule has 0 saturated carbocycles. The lowest BCUT2D eigenvalue weighted by atomic mass is 10.00. The molecule has 0 spiro atoms. The van der Waals surface area contributed by atoms with E-state index >= 15 is 0 Å². The summed E-state index contributed by atoms with van der Waals surface area (Å²) >= 11 is 0. The molecule has 0 aromatic carbocycles. The van der Waals surface area contributed by atoms with Gasteiger partial charge in [0.1, 0.15) is 0 Å². The largest absolute Gasteiger partial charge is 0.356 e. The van der Waals surface area contributed by atoms with Crippen LogP contribution in [-0.2, 0) is 6.54 Å². The Balaban J connectivity index is 0.00000220. The maximum absolute atomic E-state index is 4.39. The summed E-state index contributed by atoms with van der Waals surface area (Å²) < 4.78 is 2.00. The fraction of sp³-hybridized carbons (Fsp3) is 0.733. The van der Waals surface area contributed by atoms with Gasteiger partial charge in [-0.1, -0.05) is 6.92 Å². The summed E-state index contributed by atoms with van der Waals surface area (Å²) in [4.78, 5) is 6.77. The Kier molecular flexibility index (Phi) is 8.06. The Morgan fingerprint density at radius 2 is 2.14 bits per heavy atom. The van der Waals surface area contributed by atoms with E-state index in [0.717, 1.165) is 44.5 Å². The van der Waals surface area contributed by atoms with E-state index in [9.17, 15) is 0 Å². The van der Waals surface area contributed by atoms with Gasteiger partial charge in [0.05, 0.1) is 6.20 Å². The summed E-state index contributed by atoms with van der Waals surface area (Å²) in [5.74, 6) is 1.90. The van der Waals surface area contributed by atoms with E-state index < -0.39 is 0 Å². The Morgan fingerprint density at radius 1 is 1.43 bits per heavy atom. The Bertz CT molecular complexity index is 435. The highest BCUT2D eigenvalue weighted by Gasteiger charge is 2.18. The van der Waals surface area contributed by atoms with Gasteiger partial charge >= 0.3 is 0 Å². The van der Waals surface area contributed by atoms with E-state index in [2.05, 4.69) is 40.4 Å². The minimum atomic E-state index is 0. The van der Waals surface area contributed by atoms with E-state index in [-0.39, 0.29) is 24.0 Å². The molecule has 1 aromatic rings. The molecule has 0 aliphatic carbocycles. The molecule has 1 aromatic heterocycles. The van der Waals surface area contributed by atoms with Crippen molar-refractivity contribution in [1.29, 1.82) is 0 Å². The van der Waals surface area contributed by atoms with Gasteiger partial charge in [0.25, 0.3) is 0 Å². The third kappa shape index (κ3) is 5.84. The first kappa shape index (κ1) is 18.3. The zero-order valence-corrected chi connectivity index (χ0v) is 15.7. The van der Waals surface area contributed by atoms with Gasteiger partial charge < -0.3 is 10.2 Å². The fourth-order valence-corrected chi connectivity index (χ4v) is 2.58. The molecule has 0 bridgehead atoms. The van der Waals surface area contributed by atoms with Crippen LogP contribution in [0.1, 0.15) is 31.7 Å². The van der Waals surface area contributed by atoms with Crippen LogP contribution in [0.5, 0.6) is 0 Å². The van der Waals surface area contributed by atoms with Gasteiger partial charge in [0, 0.05) is 39.4 Å². The van der Waals surface area contributed by atoms with E-state index in [1.165, 1.54) is 18.4 Å². The molecule has 0 amide bonds. The maximum atomic E-state index is 4.39. The summed E-state index contributed by atoms with van der Waals surface area (Å²) in [5.41, 5.74) is 1.22. The second-order valence-corrected chi connectivity index (χ2v) is 5.78. The topological polar surface area (TPSA) is 45.5 Å². The summed E-state index contributed by atoms with van der Waals surface area (Å²) in [6.45, 7) is 8.55. The molecule has 1 aliphatic rings. The molecule has 21 heavy (non-hydrogen) atoms. The number of piperidine rings is 1. The van der Waals surface area contributed by atoms with Crippen LogP contribution < -0.4 is 5.32 Å². The van der Waals surface area contributed by atoms with Gasteiger partial charge in [-0.05, 0) is 37.7 Å². The molecule has 1 aliphatic heterocycles. The highest BCUT2D eigenvalue weighted by Crippen LogP contribution is 2.15. The van der Waals surface area contributed by atoms with Crippen molar-refractivity contribution in [2.45, 2.75) is 39.7 Å². The summed E-state index contributed by atoms with van der Waals surface area (Å²) in [6.07, 6.45) is 7.59. The number of aliphatic imine (C=N–C) groups is 1. The molecule has 0 atom stereocenters. The molecule has 6 heteroatoms. The zero-order chi connectivity index (χ0) is 14.4. The molecule has 2 heterocycles. The second kappa shape index (κ2) is 9.27. The SMILES string of the molecule is CN=C(NCCCn1cc(C)cn1)N1CCC(C)CC1.I. The van der Waals surface area contributed by atoms with Crippen molar-refractivity contribution >= 4 is 29.9 Å². The van der Waals surface area contributed by atoms with Crippen molar-refractivity contribution in [3.05, 3.63) is 18.0 Å². The van der Waals surface area contributed by atoms with E-state index in [1.54, 1.807) is 0 Å². The fourth-order valence-electron chi connectivity index (χ4n) is 2.58. The number of rotatable bonds is 4. The van der Waals surface area contributed by atoms with Crippen LogP contribution in [0, 0.1) is 12.8 Å². The number of aryl methyl sites for hydroxylation is 2. The number of nitrogens with one attached hydrogen (secondary N) is 1. The number of guanidine groups is 1. The summed E-state index contributed by atoms with van der Waals surface area (Å²) in [7, 11) is 1.87. The van der Waals surface area contributed by atoms with Crippen LogP contribution in [0.2, 0.25) is 0 Å². The quantitative estimate of drug-likeness (QED) is 0.363. The van der Waals surface area contributed by atoms with Gasteiger partial charge in [0.2, 0.25) is 0 Å². The molecule has 1 fully saturated rings. The molecule has 0 unspecified atom stereocenters. The standard InChI is InChI=1S/C15H27N5.HI/c1-13-5-9-19(10-6-13)15(16-3)17-7-4-8-20-12-14(2)11-18-20;/h11-13H,4-10H2,1-3H3,(H,16,17);1H. The predicted molar refractivity (Wildman–Crippen MR) is 98.3 cm³/mol. The lowest BCUT2D eigenvalue weighted by Gasteiger charge is -2.32. The minimum Gasteiger partial charge on any atom is -0.356 e. The van der Waals surface area contributed by atoms with Crippen molar-refractivity contribution < 1.29 is 0 Å². The summed E-state index contributed by atoms with van der Waals surface area (Å²) in [5, 5.41) is 7.76. The van der Waals surface area contributed by atoms with Crippen molar-refractivity contribution in [3.63, 3.8) is 0 Å². The average molecular weight is 405 g/mol. The van der Waals surface area contributed by atoms with Gasteiger partial charge in [-0.3, -0.25) is 9.67 Å². The third-order valence-corrected chi connectivity index (χ3v) is 3.90. The van der Waals surface area contributed by atoms with Crippen LogP contribution in [0.4, 0.5) is 0 Å². The zero-order valence-electron chi connectivity index (χ0n) is 13.4. The van der Waals surface area contributed by atoms with Gasteiger partial charge in [0.15, 0.2) is 5.96 Å². The number of hydrogen-bond acceptors (Lipinski definition) is 2. The third-order valence-electron chi connectivity index (χ3n) is 3.90. The first-order valence-electron chi connectivity index (χ1n) is 7.63. The van der Waals surface area contributed by atoms with Gasteiger partial charge in [-0.2, -0.15) is 5.10 Å². The molecule has 120 valence electrons. The number of halogens is 1. The van der Waals surface area contributed by atoms with Crippen LogP contribution in [0.3, 0.4) is 0 Å². The van der Waals surface area contributed by atoms with Crippen molar-refractivity contribution in [1.82, 2.24) is 20.0 Å². The van der Waals surface area contributed by atoms with Crippen LogP contribution >= 0.6 is 24.0 Å². The normalized spacial score (nSPS) is 16.7. The molecule has 1 saturated heterocycles. The predicted octanol–water partition coefficient (Wildman–Crippen LogP) is 2.51. The molecule has 1 N–H and O–H groups in total. The van der Waals surface area contributed by atoms with Gasteiger partial charge in [-0.15, -0.1) is 24.0 Å². The van der Waals surface area contributed by atoms with Crippen LogP contribution in [-0.4, -0.2) is 47.3 Å².